The van der Waals surface area contributed by atoms with Gasteiger partial charge < -0.3 is 0 Å². The minimum Gasteiger partial charge on any atom is -0.265 e. The molecular weight excluding hydrogens is 348 g/mol. The molecule has 0 spiro atoms. The zero-order valence-corrected chi connectivity index (χ0v) is 16.5. The van der Waals surface area contributed by atoms with Crippen LogP contribution in [0.2, 0.25) is 0 Å². The molecule has 0 amide bonds. The van der Waals surface area contributed by atoms with E-state index in [1.165, 1.54) is 47.4 Å². The molecule has 0 atom stereocenters. The van der Waals surface area contributed by atoms with Gasteiger partial charge >= 0.3 is 0 Å². The molecule has 27 heavy (non-hydrogen) atoms. The predicted octanol–water partition coefficient (Wildman–Crippen LogP) is 7.00. The van der Waals surface area contributed by atoms with Gasteiger partial charge in [-0.3, -0.25) is 4.98 Å². The molecule has 0 N–H and O–H groups in total. The van der Waals surface area contributed by atoms with Gasteiger partial charge in [0.1, 0.15) is 0 Å². The summed E-state index contributed by atoms with van der Waals surface area (Å²) in [5.41, 5.74) is 3.80. The van der Waals surface area contributed by atoms with Gasteiger partial charge in [0.15, 0.2) is 0 Å². The third-order valence-electron chi connectivity index (χ3n) is 4.56. The van der Waals surface area contributed by atoms with Crippen molar-refractivity contribution in [2.75, 3.05) is 0 Å². The quantitative estimate of drug-likeness (QED) is 0.315. The average Bonchev–Trinajstić information content (AvgIpc) is 3.19. The van der Waals surface area contributed by atoms with Gasteiger partial charge in [-0.1, -0.05) is 50.5 Å². The Balaban J connectivity index is 1.71. The van der Waals surface area contributed by atoms with Crippen LogP contribution in [-0.2, 0) is 6.42 Å². The first kappa shape index (κ1) is 19.1. The molecule has 0 bridgehead atoms. The van der Waals surface area contributed by atoms with E-state index in [0.717, 1.165) is 11.1 Å². The van der Waals surface area contributed by atoms with Gasteiger partial charge in [0, 0.05) is 22.1 Å². The molecule has 3 aromatic rings. The maximum absolute atomic E-state index is 9.52. The van der Waals surface area contributed by atoms with Crippen LogP contribution in [0.4, 0.5) is 0 Å². The van der Waals surface area contributed by atoms with Gasteiger partial charge in [-0.25, -0.2) is 0 Å². The minimum absolute atomic E-state index is 0.663. The molecule has 0 saturated heterocycles. The number of pyridine rings is 1. The summed E-state index contributed by atoms with van der Waals surface area (Å²) in [4.78, 5) is 6.77. The highest BCUT2D eigenvalue weighted by molar-refractivity contribution is 7.15. The van der Waals surface area contributed by atoms with Crippen molar-refractivity contribution in [2.45, 2.75) is 39.0 Å². The van der Waals surface area contributed by atoms with Crippen molar-refractivity contribution >= 4 is 23.0 Å². The van der Waals surface area contributed by atoms with Crippen molar-refractivity contribution in [3.63, 3.8) is 0 Å². The lowest BCUT2D eigenvalue weighted by atomic mass is 10.0. The first-order chi connectivity index (χ1) is 13.3. The molecule has 0 unspecified atom stereocenters. The summed E-state index contributed by atoms with van der Waals surface area (Å²) in [5.74, 6) is 0. The van der Waals surface area contributed by atoms with Gasteiger partial charge in [0.2, 0.25) is 0 Å². The Morgan fingerprint density at radius 1 is 1.00 bits per heavy atom. The molecule has 2 heterocycles. The summed E-state index contributed by atoms with van der Waals surface area (Å²) in [5, 5.41) is 9.52. The van der Waals surface area contributed by atoms with Crippen LogP contribution in [0.25, 0.3) is 22.1 Å². The van der Waals surface area contributed by atoms with Crippen LogP contribution < -0.4 is 0 Å². The lowest BCUT2D eigenvalue weighted by Gasteiger charge is -2.02. The molecule has 3 heteroatoms. The van der Waals surface area contributed by atoms with Crippen LogP contribution in [0.5, 0.6) is 0 Å². The highest BCUT2D eigenvalue weighted by Gasteiger charge is 2.06. The van der Waals surface area contributed by atoms with E-state index in [4.69, 9.17) is 0 Å². The van der Waals surface area contributed by atoms with Crippen molar-refractivity contribution < 1.29 is 0 Å². The first-order valence-corrected chi connectivity index (χ1v) is 10.3. The Morgan fingerprint density at radius 2 is 1.78 bits per heavy atom. The second-order valence-corrected chi connectivity index (χ2v) is 7.77. The Bertz CT molecular complexity index is 915. The van der Waals surface area contributed by atoms with Crippen molar-refractivity contribution in [3.8, 4) is 16.5 Å². The molecule has 0 fully saturated rings. The second-order valence-electron chi connectivity index (χ2n) is 6.60. The number of benzene rings is 1. The first-order valence-electron chi connectivity index (χ1n) is 9.51. The average molecular weight is 373 g/mol. The Hall–Kier alpha value is -2.70. The van der Waals surface area contributed by atoms with E-state index >= 15 is 0 Å². The van der Waals surface area contributed by atoms with Crippen molar-refractivity contribution in [1.82, 2.24) is 4.98 Å². The summed E-state index contributed by atoms with van der Waals surface area (Å²) in [6, 6.07) is 18.9. The predicted molar refractivity (Wildman–Crippen MR) is 115 cm³/mol. The van der Waals surface area contributed by atoms with Crippen LogP contribution in [0, 0.1) is 11.3 Å². The smallest absolute Gasteiger partial charge is 0.0998 e. The van der Waals surface area contributed by atoms with Crippen LogP contribution in [-0.4, -0.2) is 4.98 Å². The van der Waals surface area contributed by atoms with Gasteiger partial charge in [0.05, 0.1) is 11.6 Å². The monoisotopic (exact) mass is 372 g/mol. The molecule has 3 rings (SSSR count). The molecule has 2 aromatic heterocycles. The number of unbranched alkanes of at least 4 members (excludes halogenated alkanes) is 3. The number of thiophene rings is 1. The highest BCUT2D eigenvalue weighted by Crippen LogP contribution is 2.30. The molecule has 1 aromatic carbocycles. The summed E-state index contributed by atoms with van der Waals surface area (Å²) < 4.78 is 0. The van der Waals surface area contributed by atoms with Gasteiger partial charge in [-0.2, -0.15) is 5.26 Å². The number of nitriles is 1. The lowest BCUT2D eigenvalue weighted by Crippen LogP contribution is -1.83. The van der Waals surface area contributed by atoms with Crippen LogP contribution in [0.3, 0.4) is 0 Å². The maximum atomic E-state index is 9.52. The molecule has 0 aliphatic rings. The SMILES string of the molecule is CCCCCCc1ccc(-c2ccc(/C(C#N)=C\c3ccncc3)cc2)s1. The topological polar surface area (TPSA) is 36.7 Å². The largest absolute Gasteiger partial charge is 0.265 e. The Morgan fingerprint density at radius 3 is 2.48 bits per heavy atom. The van der Waals surface area contributed by atoms with Crippen LogP contribution in [0.15, 0.2) is 60.9 Å². The number of rotatable bonds is 8. The van der Waals surface area contributed by atoms with Crippen LogP contribution >= 0.6 is 11.3 Å². The Labute approximate surface area is 165 Å². The molecule has 2 nitrogen and oxygen atoms in total. The van der Waals surface area contributed by atoms with Crippen molar-refractivity contribution in [2.24, 2.45) is 0 Å². The molecule has 0 aliphatic carbocycles. The normalized spacial score (nSPS) is 11.3. The van der Waals surface area contributed by atoms with Gasteiger partial charge in [-0.15, -0.1) is 11.3 Å². The van der Waals surface area contributed by atoms with E-state index in [1.54, 1.807) is 12.4 Å². The summed E-state index contributed by atoms with van der Waals surface area (Å²) in [6.07, 6.45) is 11.8. The maximum Gasteiger partial charge on any atom is 0.0998 e. The number of aryl methyl sites for hydroxylation is 1. The van der Waals surface area contributed by atoms with Gasteiger partial charge in [0.25, 0.3) is 0 Å². The molecule has 0 saturated carbocycles. The number of hydrogen-bond acceptors (Lipinski definition) is 3. The summed E-state index contributed by atoms with van der Waals surface area (Å²) in [6.45, 7) is 2.25. The fourth-order valence-electron chi connectivity index (χ4n) is 3.01. The second kappa shape index (κ2) is 9.85. The van der Waals surface area contributed by atoms with E-state index in [9.17, 15) is 5.26 Å². The summed E-state index contributed by atoms with van der Waals surface area (Å²) in [7, 11) is 0. The zero-order chi connectivity index (χ0) is 18.9. The summed E-state index contributed by atoms with van der Waals surface area (Å²) >= 11 is 1.88. The molecule has 0 radical (unpaired) electrons. The zero-order valence-electron chi connectivity index (χ0n) is 15.7. The lowest BCUT2D eigenvalue weighted by molar-refractivity contribution is 0.670. The van der Waals surface area contributed by atoms with Crippen LogP contribution in [0.1, 0.15) is 48.6 Å². The Kier molecular flexibility index (Phi) is 6.96. The standard InChI is InChI=1S/C24H24N2S/c1-2-3-4-5-6-23-11-12-24(27-23)21-9-7-20(8-10-21)22(18-25)17-19-13-15-26-16-14-19/h7-17H,2-6H2,1H3/b22-17-. The van der Waals surface area contributed by atoms with E-state index in [1.807, 2.05) is 41.7 Å². The number of allylic oxidation sites excluding steroid dienone is 1. The van der Waals surface area contributed by atoms with Crippen molar-refractivity contribution in [1.29, 1.82) is 5.26 Å². The molecule has 0 aliphatic heterocycles. The minimum atomic E-state index is 0.663. The fraction of sp³-hybridized carbons (Fsp3) is 0.250. The third-order valence-corrected chi connectivity index (χ3v) is 5.75. The number of aromatic nitrogens is 1. The van der Waals surface area contributed by atoms with E-state index in [0.29, 0.717) is 5.57 Å². The molecule has 136 valence electrons. The fourth-order valence-corrected chi connectivity index (χ4v) is 4.07. The highest BCUT2D eigenvalue weighted by atomic mass is 32.1. The van der Waals surface area contributed by atoms with E-state index < -0.39 is 0 Å². The number of nitrogens with zero attached hydrogens (tertiary/aromatic N) is 2. The van der Waals surface area contributed by atoms with Crippen molar-refractivity contribution in [3.05, 3.63) is 76.9 Å². The van der Waals surface area contributed by atoms with E-state index in [2.05, 4.69) is 42.2 Å². The van der Waals surface area contributed by atoms with Gasteiger partial charge in [-0.05, 0) is 59.9 Å². The number of hydrogen-bond donors (Lipinski definition) is 0. The van der Waals surface area contributed by atoms with E-state index in [-0.39, 0.29) is 0 Å². The molecular formula is C24H24N2S. The third kappa shape index (κ3) is 5.39.